The molecule has 0 amide bonds. The van der Waals surface area contributed by atoms with E-state index in [9.17, 15) is 23.1 Å². The van der Waals surface area contributed by atoms with Gasteiger partial charge in [-0.25, -0.2) is 4.79 Å². The van der Waals surface area contributed by atoms with Crippen LogP contribution in [0.2, 0.25) is 0 Å². The number of ether oxygens (including phenoxy) is 1. The Labute approximate surface area is 177 Å². The Kier molecular flexibility index (Phi) is 7.14. The molecular weight excluding hydrogens is 417 g/mol. The second-order valence-electron chi connectivity index (χ2n) is 6.87. The number of aromatic carboxylic acids is 1. The zero-order valence-corrected chi connectivity index (χ0v) is 17.3. The number of carboxylic acid groups (broad SMARTS) is 1. The predicted octanol–water partition coefficient (Wildman–Crippen LogP) is 5.31. The first-order valence-electron chi connectivity index (χ1n) is 9.62. The van der Waals surface area contributed by atoms with Crippen LogP contribution in [0.15, 0.2) is 41.3 Å². The first-order valence-corrected chi connectivity index (χ1v) is 10.4. The summed E-state index contributed by atoms with van der Waals surface area (Å²) in [5.41, 5.74) is 1.29. The molecule has 0 bridgehead atoms. The number of rotatable bonds is 6. The van der Waals surface area contributed by atoms with E-state index < -0.39 is 17.7 Å². The summed E-state index contributed by atoms with van der Waals surface area (Å²) in [6, 6.07) is 8.45. The van der Waals surface area contributed by atoms with Crippen molar-refractivity contribution in [3.8, 4) is 0 Å². The van der Waals surface area contributed by atoms with E-state index in [1.165, 1.54) is 18.2 Å². The Bertz CT molecular complexity index is 898. The average molecular weight is 440 g/mol. The van der Waals surface area contributed by atoms with Crippen molar-refractivity contribution in [2.75, 3.05) is 35.9 Å². The van der Waals surface area contributed by atoms with Gasteiger partial charge in [0.05, 0.1) is 29.1 Å². The second kappa shape index (κ2) is 9.61. The third-order valence-electron chi connectivity index (χ3n) is 4.85. The number of hydrogen-bond acceptors (Lipinski definition) is 5. The maximum atomic E-state index is 13.3. The highest BCUT2D eigenvalue weighted by Crippen LogP contribution is 2.38. The third-order valence-corrected chi connectivity index (χ3v) is 5.77. The van der Waals surface area contributed by atoms with Crippen LogP contribution in [0.4, 0.5) is 24.5 Å². The van der Waals surface area contributed by atoms with E-state index in [1.807, 2.05) is 11.8 Å². The van der Waals surface area contributed by atoms with Crippen LogP contribution in [0.25, 0.3) is 0 Å². The zero-order chi connectivity index (χ0) is 21.7. The van der Waals surface area contributed by atoms with Gasteiger partial charge in [-0.15, -0.1) is 0 Å². The molecular formula is C21H23F3N2O3S. The van der Waals surface area contributed by atoms with Crippen molar-refractivity contribution >= 4 is 29.3 Å². The van der Waals surface area contributed by atoms with Crippen LogP contribution in [-0.4, -0.2) is 37.4 Å². The first kappa shape index (κ1) is 22.3. The molecule has 0 unspecified atom stereocenters. The normalized spacial score (nSPS) is 15.0. The van der Waals surface area contributed by atoms with E-state index in [-0.39, 0.29) is 5.56 Å². The minimum Gasteiger partial charge on any atom is -0.478 e. The lowest BCUT2D eigenvalue weighted by atomic mass is 10.1. The highest BCUT2D eigenvalue weighted by atomic mass is 32.2. The highest BCUT2D eigenvalue weighted by Gasteiger charge is 2.31. The Morgan fingerprint density at radius 1 is 1.20 bits per heavy atom. The van der Waals surface area contributed by atoms with Gasteiger partial charge in [0.15, 0.2) is 0 Å². The molecule has 5 nitrogen and oxygen atoms in total. The predicted molar refractivity (Wildman–Crippen MR) is 111 cm³/mol. The van der Waals surface area contributed by atoms with Gasteiger partial charge in [0.2, 0.25) is 0 Å². The summed E-state index contributed by atoms with van der Waals surface area (Å²) in [5.74, 6) is -1.05. The summed E-state index contributed by atoms with van der Waals surface area (Å²) in [6.07, 6.45) is -3.00. The summed E-state index contributed by atoms with van der Waals surface area (Å²) in [5, 5.41) is 9.25. The van der Waals surface area contributed by atoms with Crippen LogP contribution in [0.3, 0.4) is 0 Å². The van der Waals surface area contributed by atoms with Crippen molar-refractivity contribution in [3.05, 3.63) is 53.1 Å². The van der Waals surface area contributed by atoms with Crippen molar-refractivity contribution < 1.29 is 27.8 Å². The van der Waals surface area contributed by atoms with Gasteiger partial charge >= 0.3 is 12.1 Å². The SMILES string of the molecule is CCc1ccc(C(=O)O)cc1SNc1cc(C(F)(F)F)ccc1N1CCCOCC1. The van der Waals surface area contributed by atoms with Crippen LogP contribution < -0.4 is 9.62 Å². The van der Waals surface area contributed by atoms with Gasteiger partial charge in [0, 0.05) is 24.6 Å². The molecule has 1 fully saturated rings. The van der Waals surface area contributed by atoms with Crippen molar-refractivity contribution in [2.24, 2.45) is 0 Å². The van der Waals surface area contributed by atoms with Gasteiger partial charge in [-0.2, -0.15) is 13.2 Å². The molecule has 0 spiro atoms. The van der Waals surface area contributed by atoms with Crippen molar-refractivity contribution in [1.29, 1.82) is 0 Å². The van der Waals surface area contributed by atoms with E-state index in [1.54, 1.807) is 6.07 Å². The van der Waals surface area contributed by atoms with Crippen LogP contribution in [0.5, 0.6) is 0 Å². The number of carbonyl (C=O) groups is 1. The van der Waals surface area contributed by atoms with Crippen molar-refractivity contribution in [2.45, 2.75) is 30.8 Å². The second-order valence-corrected chi connectivity index (χ2v) is 7.72. The Morgan fingerprint density at radius 3 is 2.70 bits per heavy atom. The summed E-state index contributed by atoms with van der Waals surface area (Å²) in [6.45, 7) is 4.33. The lowest BCUT2D eigenvalue weighted by molar-refractivity contribution is -0.137. The standard InChI is InChI=1S/C21H23F3N2O3S/c1-2-14-4-5-15(20(27)28)12-19(14)30-25-17-13-16(21(22,23)24)6-7-18(17)26-8-3-10-29-11-9-26/h4-7,12-13,25H,2-3,8-11H2,1H3,(H,27,28). The monoisotopic (exact) mass is 440 g/mol. The largest absolute Gasteiger partial charge is 0.478 e. The molecule has 0 aliphatic carbocycles. The molecule has 2 aromatic carbocycles. The third kappa shape index (κ3) is 5.40. The van der Waals surface area contributed by atoms with Gasteiger partial charge in [-0.1, -0.05) is 13.0 Å². The fourth-order valence-electron chi connectivity index (χ4n) is 3.24. The van der Waals surface area contributed by atoms with Gasteiger partial charge in [-0.05, 0) is 60.7 Å². The fourth-order valence-corrected chi connectivity index (χ4v) is 4.15. The summed E-state index contributed by atoms with van der Waals surface area (Å²) in [7, 11) is 0. The van der Waals surface area contributed by atoms with E-state index in [0.29, 0.717) is 49.0 Å². The van der Waals surface area contributed by atoms with E-state index >= 15 is 0 Å². The molecule has 9 heteroatoms. The number of anilines is 2. The van der Waals surface area contributed by atoms with E-state index in [0.717, 1.165) is 36.1 Å². The van der Waals surface area contributed by atoms with Gasteiger partial charge < -0.3 is 19.5 Å². The number of aryl methyl sites for hydroxylation is 1. The molecule has 0 radical (unpaired) electrons. The summed E-state index contributed by atoms with van der Waals surface area (Å²) >= 11 is 1.12. The minimum atomic E-state index is -4.46. The highest BCUT2D eigenvalue weighted by molar-refractivity contribution is 8.00. The molecule has 1 heterocycles. The summed E-state index contributed by atoms with van der Waals surface area (Å²) in [4.78, 5) is 14.0. The van der Waals surface area contributed by atoms with E-state index in [4.69, 9.17) is 4.74 Å². The molecule has 0 atom stereocenters. The lowest BCUT2D eigenvalue weighted by Gasteiger charge is -2.26. The number of carboxylic acids is 1. The number of nitrogens with zero attached hydrogens (tertiary/aromatic N) is 1. The molecule has 0 aromatic heterocycles. The smallest absolute Gasteiger partial charge is 0.416 e. The number of hydrogen-bond donors (Lipinski definition) is 2. The molecule has 2 aromatic rings. The van der Waals surface area contributed by atoms with Crippen LogP contribution >= 0.6 is 11.9 Å². The van der Waals surface area contributed by atoms with Gasteiger partial charge in [0.25, 0.3) is 0 Å². The van der Waals surface area contributed by atoms with E-state index in [2.05, 4.69) is 4.72 Å². The molecule has 2 N–H and O–H groups in total. The Hall–Kier alpha value is -2.39. The van der Waals surface area contributed by atoms with Crippen molar-refractivity contribution in [3.63, 3.8) is 0 Å². The topological polar surface area (TPSA) is 61.8 Å². The summed E-state index contributed by atoms with van der Waals surface area (Å²) < 4.78 is 48.4. The average Bonchev–Trinajstić information content (AvgIpc) is 3.00. The lowest BCUT2D eigenvalue weighted by Crippen LogP contribution is -2.26. The number of benzene rings is 2. The molecule has 1 aliphatic heterocycles. The Balaban J connectivity index is 1.93. The Morgan fingerprint density at radius 2 is 2.00 bits per heavy atom. The van der Waals surface area contributed by atoms with Crippen LogP contribution in [-0.2, 0) is 17.3 Å². The fraction of sp³-hybridized carbons (Fsp3) is 0.381. The quantitative estimate of drug-likeness (QED) is 0.594. The molecule has 162 valence electrons. The molecule has 30 heavy (non-hydrogen) atoms. The van der Waals surface area contributed by atoms with Gasteiger partial charge in [-0.3, -0.25) is 0 Å². The number of halogens is 3. The molecule has 1 aliphatic rings. The number of nitrogens with one attached hydrogen (secondary N) is 1. The molecule has 3 rings (SSSR count). The molecule has 0 saturated carbocycles. The maximum Gasteiger partial charge on any atom is 0.416 e. The maximum absolute atomic E-state index is 13.3. The minimum absolute atomic E-state index is 0.130. The first-order chi connectivity index (χ1) is 14.3. The van der Waals surface area contributed by atoms with Crippen LogP contribution in [0, 0.1) is 0 Å². The van der Waals surface area contributed by atoms with Crippen molar-refractivity contribution in [1.82, 2.24) is 0 Å². The zero-order valence-electron chi connectivity index (χ0n) is 16.5. The van der Waals surface area contributed by atoms with Crippen LogP contribution in [0.1, 0.15) is 34.8 Å². The molecule has 1 saturated heterocycles. The number of alkyl halides is 3. The van der Waals surface area contributed by atoms with Gasteiger partial charge in [0.1, 0.15) is 0 Å².